The molecular weight excluding hydrogens is 867 g/mol. The first-order valence-electron chi connectivity index (χ1n) is 25.6. The van der Waals surface area contributed by atoms with Gasteiger partial charge in [0, 0.05) is 70.7 Å². The number of cyclic esters (lactones) is 1. The second-order valence-electron chi connectivity index (χ2n) is 22.2. The third kappa shape index (κ3) is 9.61. The summed E-state index contributed by atoms with van der Waals surface area (Å²) in [6.07, 6.45) is 6.44. The summed E-state index contributed by atoms with van der Waals surface area (Å²) < 4.78 is 62.7. The Balaban J connectivity index is 0.831. The van der Waals surface area contributed by atoms with E-state index in [1.54, 1.807) is 6.08 Å². The Kier molecular flexibility index (Phi) is 14.3. The monoisotopic (exact) mass is 944 g/mol. The lowest BCUT2D eigenvalue weighted by Crippen LogP contribution is -2.67. The number of carbonyl (C=O) groups is 4. The highest BCUT2D eigenvalue weighted by Gasteiger charge is 2.72. The SMILES string of the molecule is CC(=O)OC1CC(O[C@H]2CC[C@@]3(C)[C@H](CC[C@@H]4[C@@H]3C[C@@H](OC(C)=O)[C@]3(C)[C@@H](C5=CC(=O)OC5)CC[C@]43O)C2)OC(C)C1O[C@H]1C[C@H](OC(C)=O)[C@H](OC2CCN(C3CCC3)CC(C)O2)[C@@H](C)O1. The predicted molar refractivity (Wildman–Crippen MR) is 238 cm³/mol. The summed E-state index contributed by atoms with van der Waals surface area (Å²) in [7, 11) is 0. The Labute approximate surface area is 396 Å². The van der Waals surface area contributed by atoms with Crippen molar-refractivity contribution in [3.63, 3.8) is 0 Å². The van der Waals surface area contributed by atoms with Gasteiger partial charge in [0.15, 0.2) is 18.9 Å². The van der Waals surface area contributed by atoms with E-state index in [2.05, 4.69) is 25.7 Å². The van der Waals surface area contributed by atoms with Crippen LogP contribution in [0.5, 0.6) is 0 Å². The number of aliphatic hydroxyl groups is 1. The maximum absolute atomic E-state index is 13.0. The van der Waals surface area contributed by atoms with Gasteiger partial charge in [0.1, 0.15) is 37.1 Å². The fraction of sp³-hybridized carbons (Fsp3) is 0.882. The number of fused-ring (bicyclic) bond motifs is 5. The lowest BCUT2D eigenvalue weighted by Gasteiger charge is -2.65. The first kappa shape index (κ1) is 49.3. The van der Waals surface area contributed by atoms with Gasteiger partial charge in [0.2, 0.25) is 0 Å². The van der Waals surface area contributed by atoms with Gasteiger partial charge in [0.25, 0.3) is 0 Å². The van der Waals surface area contributed by atoms with Gasteiger partial charge in [0.05, 0.1) is 30.0 Å². The Hall–Kier alpha value is -2.70. The van der Waals surface area contributed by atoms with Crippen molar-refractivity contribution in [1.82, 2.24) is 4.90 Å². The fourth-order valence-corrected chi connectivity index (χ4v) is 14.9. The number of hydrogen-bond acceptors (Lipinski definition) is 16. The van der Waals surface area contributed by atoms with Crippen LogP contribution in [-0.2, 0) is 66.5 Å². The fourth-order valence-electron chi connectivity index (χ4n) is 14.9. The van der Waals surface area contributed by atoms with E-state index in [0.717, 1.165) is 50.8 Å². The summed E-state index contributed by atoms with van der Waals surface area (Å²) >= 11 is 0. The second kappa shape index (κ2) is 19.5. The molecule has 0 amide bonds. The highest BCUT2D eigenvalue weighted by Crippen LogP contribution is 2.70. The van der Waals surface area contributed by atoms with Crippen molar-refractivity contribution >= 4 is 23.9 Å². The number of hydrogen-bond donors (Lipinski definition) is 1. The third-order valence-electron chi connectivity index (χ3n) is 18.3. The number of esters is 4. The average Bonchev–Trinajstić information content (AvgIpc) is 3.71. The van der Waals surface area contributed by atoms with Crippen LogP contribution >= 0.6 is 0 Å². The van der Waals surface area contributed by atoms with Gasteiger partial charge >= 0.3 is 23.9 Å². The van der Waals surface area contributed by atoms with Gasteiger partial charge in [-0.1, -0.05) is 20.3 Å². The average molecular weight is 944 g/mol. The molecule has 5 aliphatic carbocycles. The zero-order valence-corrected chi connectivity index (χ0v) is 41.0. The molecule has 0 spiro atoms. The normalized spacial score (nSPS) is 46.9. The Morgan fingerprint density at radius 1 is 0.716 bits per heavy atom. The quantitative estimate of drug-likeness (QED) is 0.143. The zero-order valence-electron chi connectivity index (χ0n) is 41.0. The topological polar surface area (TPSA) is 184 Å². The van der Waals surface area contributed by atoms with Crippen molar-refractivity contribution in [3.05, 3.63) is 11.6 Å². The maximum atomic E-state index is 13.0. The summed E-state index contributed by atoms with van der Waals surface area (Å²) in [5, 5.41) is 13.0. The molecule has 0 aromatic carbocycles. The van der Waals surface area contributed by atoms with Crippen LogP contribution in [0, 0.1) is 34.5 Å². The number of carbonyl (C=O) groups excluding carboxylic acids is 4. The molecule has 9 aliphatic rings. The largest absolute Gasteiger partial charge is 0.462 e. The Morgan fingerprint density at radius 2 is 1.36 bits per heavy atom. The van der Waals surface area contributed by atoms with Crippen LogP contribution in [0.1, 0.15) is 145 Å². The molecule has 6 unspecified atom stereocenters. The van der Waals surface area contributed by atoms with E-state index in [4.69, 9.17) is 47.4 Å². The van der Waals surface area contributed by atoms with Crippen molar-refractivity contribution in [2.75, 3.05) is 19.7 Å². The highest BCUT2D eigenvalue weighted by molar-refractivity contribution is 5.85. The van der Waals surface area contributed by atoms with Crippen molar-refractivity contribution < 1.29 is 71.7 Å². The minimum absolute atomic E-state index is 0.00731. The third-order valence-corrected chi connectivity index (χ3v) is 18.3. The van der Waals surface area contributed by atoms with E-state index in [1.807, 2.05) is 13.8 Å². The first-order chi connectivity index (χ1) is 31.8. The van der Waals surface area contributed by atoms with Crippen molar-refractivity contribution in [1.29, 1.82) is 0 Å². The van der Waals surface area contributed by atoms with Gasteiger partial charge in [-0.25, -0.2) is 4.79 Å². The molecule has 8 fully saturated rings. The summed E-state index contributed by atoms with van der Waals surface area (Å²) in [5.74, 6) is -1.25. The highest BCUT2D eigenvalue weighted by atomic mass is 16.7. The van der Waals surface area contributed by atoms with E-state index in [9.17, 15) is 24.3 Å². The molecular formula is C51H77NO15. The van der Waals surface area contributed by atoms with E-state index in [1.165, 1.54) is 40.0 Å². The van der Waals surface area contributed by atoms with Gasteiger partial charge in [-0.15, -0.1) is 0 Å². The molecule has 0 aromatic heterocycles. The van der Waals surface area contributed by atoms with Crippen LogP contribution in [0.4, 0.5) is 0 Å². The summed E-state index contributed by atoms with van der Waals surface area (Å²) in [4.78, 5) is 52.4. The molecule has 0 aromatic rings. The van der Waals surface area contributed by atoms with Gasteiger partial charge in [-0.05, 0) is 120 Å². The molecule has 376 valence electrons. The standard InChI is InChI=1S/C51H77NO15/c1-27-25-52(35-10-9-11-35)19-16-44(59-27)66-47-28(2)61-46(24-41(47)63-31(5)54)67-48-29(3)60-45(23-40(48)62-30(4)53)65-36-14-17-49(7)34(21-36)12-13-38-39(49)22-42(64-32(6)55)50(8)37(15-18-51(38,50)57)33-20-43(56)58-26-33/h20,27-29,34-42,44-48,57H,9-19,21-26H2,1-8H3/t27?,28-,29?,34-,36+,37-,38-,39+,40?,41+,42-,44?,45?,46+,47-,48?,49+,50+,51+/m1/s1. The molecule has 16 nitrogen and oxygen atoms in total. The zero-order chi connectivity index (χ0) is 47.6. The van der Waals surface area contributed by atoms with Crippen LogP contribution in [0.3, 0.4) is 0 Å². The van der Waals surface area contributed by atoms with Gasteiger partial charge in [-0.3, -0.25) is 19.3 Å². The van der Waals surface area contributed by atoms with Gasteiger partial charge in [-0.2, -0.15) is 0 Å². The Bertz CT molecular complexity index is 1880. The van der Waals surface area contributed by atoms with Crippen LogP contribution in [0.25, 0.3) is 0 Å². The number of rotatable bonds is 11. The van der Waals surface area contributed by atoms with Crippen molar-refractivity contribution in [2.45, 2.75) is 231 Å². The lowest BCUT2D eigenvalue weighted by molar-refractivity contribution is -0.330. The van der Waals surface area contributed by atoms with Crippen LogP contribution in [-0.4, -0.2) is 139 Å². The predicted octanol–water partition coefficient (Wildman–Crippen LogP) is 6.06. The molecule has 16 heteroatoms. The molecule has 3 saturated heterocycles. The molecule has 67 heavy (non-hydrogen) atoms. The summed E-state index contributed by atoms with van der Waals surface area (Å²) in [5.41, 5.74) is -1.05. The van der Waals surface area contributed by atoms with Crippen LogP contribution < -0.4 is 0 Å². The van der Waals surface area contributed by atoms with Gasteiger partial charge < -0.3 is 52.5 Å². The summed E-state index contributed by atoms with van der Waals surface area (Å²) in [6, 6.07) is 0.607. The summed E-state index contributed by atoms with van der Waals surface area (Å²) in [6.45, 7) is 16.4. The second-order valence-corrected chi connectivity index (χ2v) is 22.2. The number of nitrogens with zero attached hydrogens (tertiary/aromatic N) is 1. The molecule has 9 rings (SSSR count). The molecule has 0 bridgehead atoms. The number of ether oxygens (including phenoxy) is 10. The van der Waals surface area contributed by atoms with Crippen LogP contribution in [0.15, 0.2) is 11.6 Å². The Morgan fingerprint density at radius 3 is 1.96 bits per heavy atom. The van der Waals surface area contributed by atoms with E-state index in [0.29, 0.717) is 37.6 Å². The van der Waals surface area contributed by atoms with Crippen molar-refractivity contribution in [3.8, 4) is 0 Å². The van der Waals surface area contributed by atoms with E-state index < -0.39 is 84.6 Å². The lowest BCUT2D eigenvalue weighted by atomic mass is 9.42. The molecule has 4 aliphatic heterocycles. The van der Waals surface area contributed by atoms with E-state index in [-0.39, 0.29) is 66.8 Å². The molecule has 19 atom stereocenters. The minimum Gasteiger partial charge on any atom is -0.462 e. The van der Waals surface area contributed by atoms with Crippen LogP contribution in [0.2, 0.25) is 0 Å². The smallest absolute Gasteiger partial charge is 0.331 e. The molecule has 4 heterocycles. The van der Waals surface area contributed by atoms with E-state index >= 15 is 0 Å². The first-order valence-corrected chi connectivity index (χ1v) is 25.6. The molecule has 1 N–H and O–H groups in total. The molecule has 0 radical (unpaired) electrons. The minimum atomic E-state index is -1.07. The molecule has 5 saturated carbocycles. The van der Waals surface area contributed by atoms with Crippen molar-refractivity contribution in [2.24, 2.45) is 34.5 Å². The maximum Gasteiger partial charge on any atom is 0.331 e.